The quantitative estimate of drug-likeness (QED) is 0.817. The summed E-state index contributed by atoms with van der Waals surface area (Å²) >= 11 is 1.35. The van der Waals surface area contributed by atoms with Gasteiger partial charge in [-0.1, -0.05) is 12.1 Å². The molecular formula is C13H15FO2S. The molecule has 0 bridgehead atoms. The van der Waals surface area contributed by atoms with Crippen LogP contribution in [0.5, 0.6) is 0 Å². The molecule has 0 spiro atoms. The number of carboxylic acids is 1. The van der Waals surface area contributed by atoms with E-state index in [2.05, 4.69) is 0 Å². The van der Waals surface area contributed by atoms with Crippen molar-refractivity contribution < 1.29 is 14.3 Å². The van der Waals surface area contributed by atoms with E-state index in [1.54, 1.807) is 6.07 Å². The zero-order valence-corrected chi connectivity index (χ0v) is 10.5. The van der Waals surface area contributed by atoms with E-state index in [0.717, 1.165) is 18.4 Å². The molecule has 1 aliphatic rings. The standard InChI is InChI=1S/C13H15FO2S/c1-17-13-9(3-2-4-11(13)14)10(7-12(15)16)8-5-6-8/h2-4,8,10H,5-7H2,1H3,(H,15,16). The molecule has 2 nitrogen and oxygen atoms in total. The first-order chi connectivity index (χ1) is 8.13. The predicted octanol–water partition coefficient (Wildman–Crippen LogP) is 3.52. The summed E-state index contributed by atoms with van der Waals surface area (Å²) < 4.78 is 13.7. The summed E-state index contributed by atoms with van der Waals surface area (Å²) in [5.74, 6) is -0.672. The fourth-order valence-corrected chi connectivity index (χ4v) is 2.97. The first kappa shape index (κ1) is 12.4. The summed E-state index contributed by atoms with van der Waals surface area (Å²) in [5, 5.41) is 8.95. The van der Waals surface area contributed by atoms with E-state index in [9.17, 15) is 9.18 Å². The minimum Gasteiger partial charge on any atom is -0.481 e. The van der Waals surface area contributed by atoms with E-state index >= 15 is 0 Å². The van der Waals surface area contributed by atoms with Gasteiger partial charge in [-0.05, 0) is 42.6 Å². The van der Waals surface area contributed by atoms with E-state index < -0.39 is 5.97 Å². The van der Waals surface area contributed by atoms with E-state index in [-0.39, 0.29) is 18.2 Å². The Labute approximate surface area is 104 Å². The van der Waals surface area contributed by atoms with Gasteiger partial charge in [0.25, 0.3) is 0 Å². The Hall–Kier alpha value is -1.03. The maximum absolute atomic E-state index is 13.7. The van der Waals surface area contributed by atoms with E-state index in [0.29, 0.717) is 10.8 Å². The van der Waals surface area contributed by atoms with Gasteiger partial charge in [-0.2, -0.15) is 0 Å². The van der Waals surface area contributed by atoms with E-state index in [1.807, 2.05) is 12.3 Å². The number of rotatable bonds is 5. The molecule has 1 fully saturated rings. The second-order valence-corrected chi connectivity index (χ2v) is 5.22. The molecule has 0 aromatic heterocycles. The van der Waals surface area contributed by atoms with Crippen LogP contribution in [0.1, 0.15) is 30.7 Å². The predicted molar refractivity (Wildman–Crippen MR) is 65.9 cm³/mol. The summed E-state index contributed by atoms with van der Waals surface area (Å²) in [7, 11) is 0. The summed E-state index contributed by atoms with van der Waals surface area (Å²) in [6.45, 7) is 0. The van der Waals surface area contributed by atoms with Gasteiger partial charge >= 0.3 is 5.97 Å². The SMILES string of the molecule is CSc1c(F)cccc1C(CC(=O)O)C1CC1. The second-order valence-electron chi connectivity index (χ2n) is 4.40. The normalized spacial score (nSPS) is 16.8. The van der Waals surface area contributed by atoms with Gasteiger partial charge in [0.15, 0.2) is 0 Å². The van der Waals surface area contributed by atoms with Crippen LogP contribution in [0.15, 0.2) is 23.1 Å². The van der Waals surface area contributed by atoms with Crippen molar-refractivity contribution in [2.24, 2.45) is 5.92 Å². The number of halogens is 1. The molecule has 1 unspecified atom stereocenters. The molecular weight excluding hydrogens is 239 g/mol. The maximum Gasteiger partial charge on any atom is 0.303 e. The fraction of sp³-hybridized carbons (Fsp3) is 0.462. The lowest BCUT2D eigenvalue weighted by atomic mass is 9.91. The van der Waals surface area contributed by atoms with Crippen LogP contribution in [-0.4, -0.2) is 17.3 Å². The Morgan fingerprint density at radius 2 is 2.29 bits per heavy atom. The van der Waals surface area contributed by atoms with Crippen LogP contribution in [0.2, 0.25) is 0 Å². The first-order valence-electron chi connectivity index (χ1n) is 5.67. The second kappa shape index (κ2) is 5.08. The first-order valence-corrected chi connectivity index (χ1v) is 6.90. The van der Waals surface area contributed by atoms with E-state index in [1.165, 1.54) is 17.8 Å². The van der Waals surface area contributed by atoms with Gasteiger partial charge in [-0.3, -0.25) is 4.79 Å². The zero-order valence-electron chi connectivity index (χ0n) is 9.65. The number of carboxylic acid groups (broad SMARTS) is 1. The highest BCUT2D eigenvalue weighted by atomic mass is 32.2. The Balaban J connectivity index is 2.34. The number of thioether (sulfide) groups is 1. The lowest BCUT2D eigenvalue weighted by Gasteiger charge is -2.18. The van der Waals surface area contributed by atoms with E-state index in [4.69, 9.17) is 5.11 Å². The average molecular weight is 254 g/mol. The molecule has 1 aliphatic carbocycles. The molecule has 0 heterocycles. The van der Waals surface area contributed by atoms with Crippen LogP contribution in [0, 0.1) is 11.7 Å². The highest BCUT2D eigenvalue weighted by molar-refractivity contribution is 7.98. The number of hydrogen-bond donors (Lipinski definition) is 1. The highest BCUT2D eigenvalue weighted by Crippen LogP contribution is 2.47. The van der Waals surface area contributed by atoms with Crippen LogP contribution in [0.4, 0.5) is 4.39 Å². The largest absolute Gasteiger partial charge is 0.481 e. The molecule has 92 valence electrons. The van der Waals surface area contributed by atoms with Gasteiger partial charge in [0.1, 0.15) is 5.82 Å². The lowest BCUT2D eigenvalue weighted by Crippen LogP contribution is -2.10. The molecule has 4 heteroatoms. The molecule has 0 saturated heterocycles. The minimum atomic E-state index is -0.807. The van der Waals surface area contributed by atoms with Gasteiger partial charge in [-0.25, -0.2) is 4.39 Å². The number of benzene rings is 1. The van der Waals surface area contributed by atoms with Gasteiger partial charge in [0.05, 0.1) is 6.42 Å². The molecule has 1 N–H and O–H groups in total. The highest BCUT2D eigenvalue weighted by Gasteiger charge is 2.35. The van der Waals surface area contributed by atoms with Crippen molar-refractivity contribution >= 4 is 17.7 Å². The molecule has 0 amide bonds. The fourth-order valence-electron chi connectivity index (χ4n) is 2.25. The average Bonchev–Trinajstić information content (AvgIpc) is 3.09. The monoisotopic (exact) mass is 254 g/mol. The van der Waals surface area contributed by atoms with Crippen LogP contribution in [-0.2, 0) is 4.79 Å². The molecule has 0 radical (unpaired) electrons. The minimum absolute atomic E-state index is 0.0364. The molecule has 2 rings (SSSR count). The van der Waals surface area contributed by atoms with Crippen molar-refractivity contribution in [1.29, 1.82) is 0 Å². The summed E-state index contributed by atoms with van der Waals surface area (Å²) in [5.41, 5.74) is 0.863. The number of carbonyl (C=O) groups is 1. The van der Waals surface area contributed by atoms with Crippen molar-refractivity contribution in [3.05, 3.63) is 29.6 Å². The Morgan fingerprint density at radius 3 is 2.82 bits per heavy atom. The molecule has 1 atom stereocenters. The van der Waals surface area contributed by atoms with Crippen molar-refractivity contribution in [3.63, 3.8) is 0 Å². The zero-order chi connectivity index (χ0) is 12.4. The van der Waals surface area contributed by atoms with Crippen LogP contribution < -0.4 is 0 Å². The smallest absolute Gasteiger partial charge is 0.303 e. The van der Waals surface area contributed by atoms with Gasteiger partial charge < -0.3 is 5.11 Å². The van der Waals surface area contributed by atoms with Crippen LogP contribution in [0.3, 0.4) is 0 Å². The van der Waals surface area contributed by atoms with Gasteiger partial charge in [-0.15, -0.1) is 11.8 Å². The summed E-state index contributed by atoms with van der Waals surface area (Å²) in [6, 6.07) is 4.96. The third kappa shape index (κ3) is 2.80. The molecule has 0 aliphatic heterocycles. The van der Waals surface area contributed by atoms with Gasteiger partial charge in [0.2, 0.25) is 0 Å². The maximum atomic E-state index is 13.7. The molecule has 1 aromatic carbocycles. The summed E-state index contributed by atoms with van der Waals surface area (Å²) in [4.78, 5) is 11.5. The Morgan fingerprint density at radius 1 is 1.59 bits per heavy atom. The number of aliphatic carboxylic acids is 1. The van der Waals surface area contributed by atoms with Crippen LogP contribution in [0.25, 0.3) is 0 Å². The lowest BCUT2D eigenvalue weighted by molar-refractivity contribution is -0.137. The summed E-state index contributed by atoms with van der Waals surface area (Å²) in [6.07, 6.45) is 4.04. The van der Waals surface area contributed by atoms with Crippen molar-refractivity contribution in [2.45, 2.75) is 30.1 Å². The topological polar surface area (TPSA) is 37.3 Å². The Kier molecular flexibility index (Phi) is 3.72. The van der Waals surface area contributed by atoms with Crippen molar-refractivity contribution in [2.75, 3.05) is 6.26 Å². The van der Waals surface area contributed by atoms with Gasteiger partial charge in [0, 0.05) is 4.90 Å². The third-order valence-corrected chi connectivity index (χ3v) is 4.03. The number of hydrogen-bond acceptors (Lipinski definition) is 2. The molecule has 17 heavy (non-hydrogen) atoms. The molecule has 1 saturated carbocycles. The van der Waals surface area contributed by atoms with Crippen molar-refractivity contribution in [3.8, 4) is 0 Å². The van der Waals surface area contributed by atoms with Crippen LogP contribution >= 0.6 is 11.8 Å². The molecule has 1 aromatic rings. The third-order valence-electron chi connectivity index (χ3n) is 3.19. The van der Waals surface area contributed by atoms with Crippen molar-refractivity contribution in [1.82, 2.24) is 0 Å². The Bertz CT molecular complexity index is 429.